The van der Waals surface area contributed by atoms with E-state index in [1.807, 2.05) is 39.0 Å². The van der Waals surface area contributed by atoms with Crippen molar-refractivity contribution in [1.29, 1.82) is 0 Å². The van der Waals surface area contributed by atoms with Crippen molar-refractivity contribution >= 4 is 11.9 Å². The standard InChI is InChI=1S/C17H25NO4/c1-4-5-9-15(17(20)21)18-16(19)11-13-7-6-8-14(10-13)22-12(2)3/h6-8,10,12,15H,4-5,9,11H2,1-3H3,(H,18,19)(H,20,21). The number of hydrogen-bond acceptors (Lipinski definition) is 3. The monoisotopic (exact) mass is 307 g/mol. The summed E-state index contributed by atoms with van der Waals surface area (Å²) >= 11 is 0. The minimum absolute atomic E-state index is 0.0644. The Hall–Kier alpha value is -2.04. The topological polar surface area (TPSA) is 75.6 Å². The molecule has 0 bridgehead atoms. The van der Waals surface area contributed by atoms with Crippen LogP contribution in [0.4, 0.5) is 0 Å². The van der Waals surface area contributed by atoms with Crippen LogP contribution in [0.25, 0.3) is 0 Å². The summed E-state index contributed by atoms with van der Waals surface area (Å²) in [5.41, 5.74) is 0.801. The lowest BCUT2D eigenvalue weighted by Gasteiger charge is -2.14. The molecule has 5 nitrogen and oxygen atoms in total. The first-order valence-electron chi connectivity index (χ1n) is 7.70. The Balaban J connectivity index is 2.61. The number of carboxylic acids is 1. The van der Waals surface area contributed by atoms with Crippen molar-refractivity contribution in [3.63, 3.8) is 0 Å². The molecule has 1 rings (SSSR count). The molecule has 122 valence electrons. The maximum Gasteiger partial charge on any atom is 0.326 e. The van der Waals surface area contributed by atoms with Crippen LogP contribution in [-0.2, 0) is 16.0 Å². The van der Waals surface area contributed by atoms with Crippen molar-refractivity contribution in [3.05, 3.63) is 29.8 Å². The summed E-state index contributed by atoms with van der Waals surface area (Å²) in [7, 11) is 0. The van der Waals surface area contributed by atoms with Gasteiger partial charge in [-0.2, -0.15) is 0 Å². The predicted octanol–water partition coefficient (Wildman–Crippen LogP) is 2.78. The number of amides is 1. The summed E-state index contributed by atoms with van der Waals surface area (Å²) in [6.45, 7) is 5.86. The zero-order valence-electron chi connectivity index (χ0n) is 13.5. The molecule has 0 saturated carbocycles. The van der Waals surface area contributed by atoms with Crippen molar-refractivity contribution in [2.75, 3.05) is 0 Å². The molecule has 0 radical (unpaired) electrons. The van der Waals surface area contributed by atoms with Crippen LogP contribution >= 0.6 is 0 Å². The highest BCUT2D eigenvalue weighted by molar-refractivity contribution is 5.84. The molecule has 22 heavy (non-hydrogen) atoms. The molecule has 1 amide bonds. The molecule has 0 aliphatic heterocycles. The van der Waals surface area contributed by atoms with Crippen molar-refractivity contribution in [3.8, 4) is 5.75 Å². The molecule has 1 unspecified atom stereocenters. The smallest absolute Gasteiger partial charge is 0.326 e. The maximum atomic E-state index is 12.0. The van der Waals surface area contributed by atoms with Crippen LogP contribution in [0.15, 0.2) is 24.3 Å². The van der Waals surface area contributed by atoms with Gasteiger partial charge >= 0.3 is 5.97 Å². The quantitative estimate of drug-likeness (QED) is 0.735. The normalized spacial score (nSPS) is 12.0. The lowest BCUT2D eigenvalue weighted by Crippen LogP contribution is -2.41. The van der Waals surface area contributed by atoms with E-state index in [0.29, 0.717) is 12.2 Å². The van der Waals surface area contributed by atoms with Gasteiger partial charge in [0, 0.05) is 0 Å². The van der Waals surface area contributed by atoms with Crippen LogP contribution in [-0.4, -0.2) is 29.1 Å². The van der Waals surface area contributed by atoms with E-state index in [2.05, 4.69) is 5.32 Å². The molecule has 1 atom stereocenters. The van der Waals surface area contributed by atoms with Gasteiger partial charge < -0.3 is 15.2 Å². The van der Waals surface area contributed by atoms with Crippen LogP contribution in [0.1, 0.15) is 45.6 Å². The number of rotatable bonds is 9. The van der Waals surface area contributed by atoms with Gasteiger partial charge in [-0.3, -0.25) is 4.79 Å². The molecule has 2 N–H and O–H groups in total. The van der Waals surface area contributed by atoms with Crippen LogP contribution < -0.4 is 10.1 Å². The lowest BCUT2D eigenvalue weighted by molar-refractivity contribution is -0.142. The first kappa shape index (κ1) is 18.0. The molecule has 1 aromatic carbocycles. The van der Waals surface area contributed by atoms with E-state index < -0.39 is 12.0 Å². The van der Waals surface area contributed by atoms with Gasteiger partial charge in [-0.1, -0.05) is 31.9 Å². The van der Waals surface area contributed by atoms with Gasteiger partial charge in [-0.05, 0) is 38.0 Å². The summed E-state index contributed by atoms with van der Waals surface area (Å²) in [4.78, 5) is 23.1. The zero-order chi connectivity index (χ0) is 16.5. The Morgan fingerprint density at radius 2 is 2.05 bits per heavy atom. The number of unbranched alkanes of at least 4 members (excludes halogenated alkanes) is 1. The van der Waals surface area contributed by atoms with Gasteiger partial charge in [-0.25, -0.2) is 4.79 Å². The molecule has 0 aromatic heterocycles. The largest absolute Gasteiger partial charge is 0.491 e. The Labute approximate surface area is 131 Å². The number of carbonyl (C=O) groups is 2. The number of aliphatic carboxylic acids is 1. The average Bonchev–Trinajstić information content (AvgIpc) is 2.42. The number of nitrogens with one attached hydrogen (secondary N) is 1. The highest BCUT2D eigenvalue weighted by atomic mass is 16.5. The molecule has 1 aromatic rings. The molecule has 5 heteroatoms. The van der Waals surface area contributed by atoms with Crippen LogP contribution in [0.3, 0.4) is 0 Å². The van der Waals surface area contributed by atoms with Crippen LogP contribution in [0.2, 0.25) is 0 Å². The third-order valence-electron chi connectivity index (χ3n) is 3.11. The molecule has 0 heterocycles. The van der Waals surface area contributed by atoms with Crippen molar-refractivity contribution in [2.45, 2.75) is 58.6 Å². The summed E-state index contributed by atoms with van der Waals surface area (Å²) in [6.07, 6.45) is 2.33. The number of carbonyl (C=O) groups excluding carboxylic acids is 1. The summed E-state index contributed by atoms with van der Waals surface area (Å²) in [5, 5.41) is 11.7. The molecule has 0 fully saturated rings. The number of ether oxygens (including phenoxy) is 1. The van der Waals surface area contributed by atoms with E-state index >= 15 is 0 Å². The lowest BCUT2D eigenvalue weighted by atomic mass is 10.1. The molecule has 0 aliphatic rings. The van der Waals surface area contributed by atoms with E-state index in [-0.39, 0.29) is 18.4 Å². The van der Waals surface area contributed by atoms with Crippen molar-refractivity contribution < 1.29 is 19.4 Å². The summed E-state index contributed by atoms with van der Waals surface area (Å²) in [6, 6.07) is 6.48. The van der Waals surface area contributed by atoms with E-state index in [1.165, 1.54) is 0 Å². The first-order chi connectivity index (χ1) is 10.4. The van der Waals surface area contributed by atoms with Gasteiger partial charge in [0.05, 0.1) is 12.5 Å². The molecular weight excluding hydrogens is 282 g/mol. The fraction of sp³-hybridized carbons (Fsp3) is 0.529. The van der Waals surface area contributed by atoms with Crippen LogP contribution in [0.5, 0.6) is 5.75 Å². The van der Waals surface area contributed by atoms with Crippen molar-refractivity contribution in [2.24, 2.45) is 0 Å². The second kappa shape index (κ2) is 9.07. The Morgan fingerprint density at radius 1 is 1.32 bits per heavy atom. The minimum Gasteiger partial charge on any atom is -0.491 e. The third kappa shape index (κ3) is 6.61. The van der Waals surface area contributed by atoms with Gasteiger partial charge in [0.15, 0.2) is 0 Å². The first-order valence-corrected chi connectivity index (χ1v) is 7.70. The summed E-state index contributed by atoms with van der Waals surface area (Å²) in [5.74, 6) is -0.565. The molecule has 0 spiro atoms. The third-order valence-corrected chi connectivity index (χ3v) is 3.11. The fourth-order valence-corrected chi connectivity index (χ4v) is 2.10. The fourth-order valence-electron chi connectivity index (χ4n) is 2.10. The summed E-state index contributed by atoms with van der Waals surface area (Å²) < 4.78 is 5.58. The number of carboxylic acid groups (broad SMARTS) is 1. The molecular formula is C17H25NO4. The van der Waals surface area contributed by atoms with Crippen molar-refractivity contribution in [1.82, 2.24) is 5.32 Å². The number of hydrogen-bond donors (Lipinski definition) is 2. The van der Waals surface area contributed by atoms with E-state index in [1.54, 1.807) is 6.07 Å². The highest BCUT2D eigenvalue weighted by Gasteiger charge is 2.19. The van der Waals surface area contributed by atoms with E-state index in [0.717, 1.165) is 18.4 Å². The Kier molecular flexibility index (Phi) is 7.43. The second-order valence-corrected chi connectivity index (χ2v) is 5.59. The van der Waals surface area contributed by atoms with Crippen LogP contribution in [0, 0.1) is 0 Å². The maximum absolute atomic E-state index is 12.0. The highest BCUT2D eigenvalue weighted by Crippen LogP contribution is 2.15. The minimum atomic E-state index is -0.987. The van der Waals surface area contributed by atoms with E-state index in [9.17, 15) is 9.59 Å². The molecule has 0 aliphatic carbocycles. The average molecular weight is 307 g/mol. The number of benzene rings is 1. The van der Waals surface area contributed by atoms with Gasteiger partial charge in [0.1, 0.15) is 11.8 Å². The second-order valence-electron chi connectivity index (χ2n) is 5.59. The van der Waals surface area contributed by atoms with Gasteiger partial charge in [-0.15, -0.1) is 0 Å². The predicted molar refractivity (Wildman–Crippen MR) is 85.0 cm³/mol. The Morgan fingerprint density at radius 3 is 2.64 bits per heavy atom. The molecule has 0 saturated heterocycles. The Bertz CT molecular complexity index is 499. The SMILES string of the molecule is CCCCC(NC(=O)Cc1cccc(OC(C)C)c1)C(=O)O. The zero-order valence-corrected chi connectivity index (χ0v) is 13.5. The van der Waals surface area contributed by atoms with Gasteiger partial charge in [0.2, 0.25) is 5.91 Å². The van der Waals surface area contributed by atoms with Gasteiger partial charge in [0.25, 0.3) is 0 Å². The van der Waals surface area contributed by atoms with E-state index in [4.69, 9.17) is 9.84 Å².